The summed E-state index contributed by atoms with van der Waals surface area (Å²) >= 11 is 0. The minimum Gasteiger partial charge on any atom is -0.465 e. The summed E-state index contributed by atoms with van der Waals surface area (Å²) in [6.45, 7) is 2.13. The van der Waals surface area contributed by atoms with Crippen molar-refractivity contribution in [3.63, 3.8) is 0 Å². The number of nitro benzene ring substituents is 1. The summed E-state index contributed by atoms with van der Waals surface area (Å²) in [6.07, 6.45) is -0.488. The van der Waals surface area contributed by atoms with Gasteiger partial charge in [-0.1, -0.05) is 60.7 Å². The first kappa shape index (κ1) is 31.6. The number of hydrogen-bond donors (Lipinski definition) is 3. The second-order valence-corrected chi connectivity index (χ2v) is 10.5. The van der Waals surface area contributed by atoms with Crippen molar-refractivity contribution in [3.8, 4) is 5.75 Å². The smallest absolute Gasteiger partial charge is 0.328 e. The van der Waals surface area contributed by atoms with Gasteiger partial charge in [0.15, 0.2) is 7.16 Å². The minimum atomic E-state index is -2.37. The van der Waals surface area contributed by atoms with Crippen LogP contribution in [0.15, 0.2) is 78.9 Å². The minimum absolute atomic E-state index is 0.00827. The number of anilines is 1. The number of rotatable bonds is 13. The van der Waals surface area contributed by atoms with E-state index in [1.165, 1.54) is 13.0 Å². The lowest BCUT2D eigenvalue weighted by Gasteiger charge is -2.33. The van der Waals surface area contributed by atoms with Crippen LogP contribution in [-0.4, -0.2) is 52.3 Å². The average molecular weight is 634 g/mol. The van der Waals surface area contributed by atoms with Crippen LogP contribution in [0.1, 0.15) is 37.8 Å². The van der Waals surface area contributed by atoms with Crippen molar-refractivity contribution < 1.29 is 44.5 Å². The van der Waals surface area contributed by atoms with E-state index in [0.717, 1.165) is 24.6 Å². The molecule has 0 aliphatic carbocycles. The Labute approximate surface area is 265 Å². The molecule has 0 radical (unpaired) electrons. The highest BCUT2D eigenvalue weighted by molar-refractivity contribution is 6.16. The van der Waals surface area contributed by atoms with E-state index in [1.54, 1.807) is 54.6 Å². The number of fused-ring (bicyclic) bond motifs is 1. The van der Waals surface area contributed by atoms with E-state index >= 15 is 0 Å². The fourth-order valence-electron chi connectivity index (χ4n) is 4.26. The predicted octanol–water partition coefficient (Wildman–Crippen LogP) is 2.94. The summed E-state index contributed by atoms with van der Waals surface area (Å²) in [5, 5.41) is 16.3. The van der Waals surface area contributed by atoms with Crippen molar-refractivity contribution in [3.05, 3.63) is 100 Å². The lowest BCUT2D eigenvalue weighted by molar-refractivity contribution is -0.385. The summed E-state index contributed by atoms with van der Waals surface area (Å²) in [6, 6.07) is 18.2. The standard InChI is InChI=1S/C32H32N4O10/c1-20(33-30(40)32(2)31(41)35-24-14-13-23(36(42)43)17-26(24)46-32)28(38)34-25(29(39)45-19-22-11-7-4-8-12-22)15-16-27(37)44-18-21-9-5-3-6-10-21/h3-14,17,20,25H,15-16,18-19H2,1-2H3,(H,33,40)(H,34,38)(H,35,41)/t20-,25-,32?/m0/s1/i/hD. The van der Waals surface area contributed by atoms with Crippen molar-refractivity contribution >= 4 is 41.0 Å². The second kappa shape index (κ2) is 14.8. The zero-order valence-corrected chi connectivity index (χ0v) is 25.0. The molecule has 0 saturated carbocycles. The van der Waals surface area contributed by atoms with Crippen LogP contribution in [-0.2, 0) is 46.7 Å². The number of non-ortho nitro benzene ring substituents is 1. The van der Waals surface area contributed by atoms with Crippen molar-refractivity contribution in [2.45, 2.75) is 57.6 Å². The van der Waals surface area contributed by atoms with Gasteiger partial charge in [0.1, 0.15) is 25.3 Å². The molecule has 0 saturated heterocycles. The number of nitrogens with one attached hydrogen (secondary N) is 3. The molecule has 0 aromatic heterocycles. The first-order valence-corrected chi connectivity index (χ1v) is 14.2. The zero-order valence-electron chi connectivity index (χ0n) is 26.0. The molecular formula is C32H32N4O10. The van der Waals surface area contributed by atoms with E-state index < -0.39 is 52.3 Å². The van der Waals surface area contributed by atoms with E-state index in [0.29, 0.717) is 5.56 Å². The number of ether oxygens (including phenoxy) is 3. The Balaban J connectivity index is 1.43. The van der Waals surface area contributed by atoms with E-state index in [-0.39, 0.29) is 48.5 Å². The van der Waals surface area contributed by atoms with Gasteiger partial charge in [0.2, 0.25) is 5.91 Å². The van der Waals surface area contributed by atoms with Crippen molar-refractivity contribution in [2.75, 3.05) is 5.32 Å². The highest BCUT2D eigenvalue weighted by atomic mass is 16.6. The van der Waals surface area contributed by atoms with Crippen LogP contribution in [0.5, 0.6) is 5.75 Å². The van der Waals surface area contributed by atoms with E-state index in [2.05, 4.69) is 10.6 Å². The third kappa shape index (κ3) is 8.43. The Morgan fingerprint density at radius 1 is 1.00 bits per heavy atom. The molecule has 3 atom stereocenters. The molecule has 0 bridgehead atoms. The van der Waals surface area contributed by atoms with E-state index in [9.17, 15) is 34.1 Å². The molecule has 14 heteroatoms. The van der Waals surface area contributed by atoms with Crippen LogP contribution < -0.4 is 20.7 Å². The summed E-state index contributed by atoms with van der Waals surface area (Å²) in [4.78, 5) is 75.6. The van der Waals surface area contributed by atoms with Crippen molar-refractivity contribution in [2.24, 2.45) is 0 Å². The fourth-order valence-corrected chi connectivity index (χ4v) is 4.26. The number of hydrogen-bond acceptors (Lipinski definition) is 10. The fraction of sp³-hybridized carbons (Fsp3) is 0.281. The lowest BCUT2D eigenvalue weighted by atomic mass is 10.0. The van der Waals surface area contributed by atoms with Crippen molar-refractivity contribution in [1.29, 1.82) is 0 Å². The predicted molar refractivity (Wildman–Crippen MR) is 162 cm³/mol. The molecule has 3 aromatic carbocycles. The largest absolute Gasteiger partial charge is 0.465 e. The van der Waals surface area contributed by atoms with Gasteiger partial charge in [-0.15, -0.1) is 0 Å². The first-order chi connectivity index (χ1) is 22.4. The average Bonchev–Trinajstić information content (AvgIpc) is 3.08. The van der Waals surface area contributed by atoms with Crippen LogP contribution >= 0.6 is 0 Å². The van der Waals surface area contributed by atoms with Crippen LogP contribution in [0.3, 0.4) is 0 Å². The molecule has 1 unspecified atom stereocenters. The van der Waals surface area contributed by atoms with E-state index in [1.807, 2.05) is 6.07 Å². The summed E-state index contributed by atoms with van der Waals surface area (Å²) in [5.74, 6) is -4.88. The van der Waals surface area contributed by atoms with Gasteiger partial charge >= 0.3 is 11.9 Å². The SMILES string of the molecule is [2H]N(C(=O)C1(C)Oc2cc([N+](=O)[O-])ccc2NC1=O)[C@@H](C)C(=O)N[C@@H](CCC(=O)OCc1ccccc1)C(=O)OCc1ccccc1. The maximum Gasteiger partial charge on any atom is 0.328 e. The normalized spacial score (nSPS) is 16.7. The van der Waals surface area contributed by atoms with Gasteiger partial charge in [-0.05, 0) is 37.5 Å². The number of carbonyl (C=O) groups excluding carboxylic acids is 5. The molecule has 3 amide bonds. The number of benzene rings is 3. The van der Waals surface area contributed by atoms with Crippen LogP contribution in [0, 0.1) is 10.1 Å². The number of nitro groups is 1. The lowest BCUT2D eigenvalue weighted by Crippen LogP contribution is -2.62. The molecule has 0 fully saturated rings. The number of carbonyl (C=O) groups is 5. The molecule has 3 aromatic rings. The molecule has 1 aliphatic rings. The Hall–Kier alpha value is -5.79. The molecule has 3 N–H and O–H groups in total. The molecule has 46 heavy (non-hydrogen) atoms. The van der Waals surface area contributed by atoms with Gasteiger partial charge < -0.3 is 30.2 Å². The third-order valence-electron chi connectivity index (χ3n) is 6.97. The number of amides is 3. The maximum atomic E-state index is 13.4. The topological polar surface area (TPSA) is 192 Å². The van der Waals surface area contributed by atoms with Gasteiger partial charge in [-0.3, -0.25) is 29.3 Å². The maximum absolute atomic E-state index is 13.4. The Morgan fingerprint density at radius 2 is 1.61 bits per heavy atom. The Kier molecular flexibility index (Phi) is 10.2. The van der Waals surface area contributed by atoms with Gasteiger partial charge in [-0.25, -0.2) is 4.79 Å². The van der Waals surface area contributed by atoms with Gasteiger partial charge in [-0.2, -0.15) is 0 Å². The molecular weight excluding hydrogens is 600 g/mol. The monoisotopic (exact) mass is 633 g/mol. The van der Waals surface area contributed by atoms with Crippen molar-refractivity contribution in [1.82, 2.24) is 10.6 Å². The Morgan fingerprint density at radius 3 is 2.22 bits per heavy atom. The molecule has 0 spiro atoms. The molecule has 1 aliphatic heterocycles. The van der Waals surface area contributed by atoms with Gasteiger partial charge in [0.05, 0.1) is 16.7 Å². The summed E-state index contributed by atoms with van der Waals surface area (Å²) < 4.78 is 24.6. The quantitative estimate of drug-likeness (QED) is 0.109. The second-order valence-electron chi connectivity index (χ2n) is 10.5. The Bertz CT molecular complexity index is 1660. The molecule has 240 valence electrons. The van der Waals surface area contributed by atoms with Crippen LogP contribution in [0.25, 0.3) is 0 Å². The van der Waals surface area contributed by atoms with Gasteiger partial charge in [0.25, 0.3) is 23.1 Å². The molecule has 14 nitrogen and oxygen atoms in total. The summed E-state index contributed by atoms with van der Waals surface area (Å²) in [5.41, 5.74) is -1.22. The van der Waals surface area contributed by atoms with Crippen LogP contribution in [0.4, 0.5) is 11.4 Å². The molecule has 4 rings (SSSR count). The zero-order chi connectivity index (χ0) is 34.1. The van der Waals surface area contributed by atoms with Gasteiger partial charge in [0, 0.05) is 12.5 Å². The first-order valence-electron chi connectivity index (χ1n) is 14.7. The third-order valence-corrected chi connectivity index (χ3v) is 6.97. The molecule has 1 heterocycles. The highest BCUT2D eigenvalue weighted by Crippen LogP contribution is 2.36. The van der Waals surface area contributed by atoms with Crippen LogP contribution in [0.2, 0.25) is 1.41 Å². The number of esters is 2. The van der Waals surface area contributed by atoms with E-state index in [4.69, 9.17) is 15.6 Å². The summed E-state index contributed by atoms with van der Waals surface area (Å²) in [7, 11) is 0. The highest BCUT2D eigenvalue weighted by Gasteiger charge is 2.48. The number of nitrogens with zero attached hydrogens (tertiary/aromatic N) is 1.